The molecule has 1 radical (unpaired) electrons. The number of nitrogens with zero attached hydrogens (tertiary/aromatic N) is 2. The molecule has 0 aromatic carbocycles. The average molecular weight is 457 g/mol. The van der Waals surface area contributed by atoms with Gasteiger partial charge in [-0.3, -0.25) is 9.98 Å². The number of hydrogen-bond acceptors (Lipinski definition) is 6. The van der Waals surface area contributed by atoms with Crippen molar-refractivity contribution in [3.05, 3.63) is 0 Å². The van der Waals surface area contributed by atoms with E-state index in [-0.39, 0.29) is 40.7 Å². The maximum atomic E-state index is 10.3. The first-order valence-electron chi connectivity index (χ1n) is 9.72. The monoisotopic (exact) mass is 457 g/mol. The third-order valence-electron chi connectivity index (χ3n) is 2.87. The summed E-state index contributed by atoms with van der Waals surface area (Å²) in [6, 6.07) is 0. The van der Waals surface area contributed by atoms with Gasteiger partial charge in [0.05, 0.1) is 11.7 Å². The van der Waals surface area contributed by atoms with Crippen LogP contribution in [0.2, 0.25) is 0 Å². The van der Waals surface area contributed by atoms with Gasteiger partial charge < -0.3 is 30.4 Å². The maximum Gasteiger partial charge on any atom is 2.00 e. The van der Waals surface area contributed by atoms with Gasteiger partial charge in [0.15, 0.2) is 0 Å². The maximum absolute atomic E-state index is 10.3. The van der Waals surface area contributed by atoms with E-state index in [1.54, 1.807) is 0 Å². The first kappa shape index (κ1) is 32.1. The molecule has 0 rings (SSSR count). The van der Waals surface area contributed by atoms with Crippen molar-refractivity contribution in [1.29, 1.82) is 0 Å². The molecule has 0 unspecified atom stereocenters. The number of carboxylic acids is 2. The zero-order valence-corrected chi connectivity index (χ0v) is 20.1. The van der Waals surface area contributed by atoms with Crippen molar-refractivity contribution in [2.24, 2.45) is 9.98 Å². The zero-order valence-electron chi connectivity index (χ0n) is 19.1. The van der Waals surface area contributed by atoms with E-state index in [9.17, 15) is 19.8 Å². The minimum atomic E-state index is -1.04. The molecule has 0 saturated carbocycles. The summed E-state index contributed by atoms with van der Waals surface area (Å²) < 4.78 is 0. The summed E-state index contributed by atoms with van der Waals surface area (Å²) in [4.78, 5) is 29.0. The summed E-state index contributed by atoms with van der Waals surface area (Å²) in [6.07, 6.45) is 0.852. The van der Waals surface area contributed by atoms with Gasteiger partial charge in [0, 0.05) is 48.9 Å². The Morgan fingerprint density at radius 1 is 0.690 bits per heavy atom. The van der Waals surface area contributed by atoms with Gasteiger partial charge in [-0.05, 0) is 68.2 Å². The molecular weight excluding hydrogens is 419 g/mol. The Labute approximate surface area is 186 Å². The molecular formula is C20H38CoN4O4. The molecule has 0 atom stereocenters. The van der Waals surface area contributed by atoms with Crippen LogP contribution in [0.1, 0.15) is 81.1 Å². The van der Waals surface area contributed by atoms with Gasteiger partial charge in [0.2, 0.25) is 0 Å². The number of carbonyl (C=O) groups excluding carboxylic acids is 2. The fraction of sp³-hybridized carbons (Fsp3) is 0.800. The second-order valence-electron chi connectivity index (χ2n) is 8.34. The Bertz CT molecular complexity index is 488. The van der Waals surface area contributed by atoms with E-state index in [0.29, 0.717) is 25.9 Å². The summed E-state index contributed by atoms with van der Waals surface area (Å²) >= 11 is 0. The standard InChI is InChI=1S/2C10H20N2O2.Co/c2*1-5-11-8(6-7-9(13)14)12-10(2,3)4;/h2*5-7H2,1-4H3,(H,11,12)(H,13,14);/q;;+2/p-2. The molecule has 0 fully saturated rings. The summed E-state index contributed by atoms with van der Waals surface area (Å²) in [6.45, 7) is 17.2. The van der Waals surface area contributed by atoms with Crippen LogP contribution in [-0.2, 0) is 26.4 Å². The molecule has 0 bridgehead atoms. The number of carboxylic acid groups (broad SMARTS) is 2. The minimum Gasteiger partial charge on any atom is -0.550 e. The van der Waals surface area contributed by atoms with Gasteiger partial charge in [-0.1, -0.05) is 0 Å². The van der Waals surface area contributed by atoms with Crippen molar-refractivity contribution in [2.45, 2.75) is 92.2 Å². The third-order valence-corrected chi connectivity index (χ3v) is 2.87. The van der Waals surface area contributed by atoms with E-state index in [2.05, 4.69) is 20.6 Å². The number of aliphatic imine (C=N–C) groups is 2. The molecule has 0 aromatic heterocycles. The van der Waals surface area contributed by atoms with Crippen LogP contribution in [0.25, 0.3) is 0 Å². The second kappa shape index (κ2) is 16.2. The number of aliphatic carboxylic acids is 2. The molecule has 0 spiro atoms. The molecule has 2 N–H and O–H groups in total. The average Bonchev–Trinajstić information content (AvgIpc) is 2.48. The minimum absolute atomic E-state index is 0. The van der Waals surface area contributed by atoms with E-state index in [0.717, 1.165) is 11.7 Å². The third kappa shape index (κ3) is 26.4. The van der Waals surface area contributed by atoms with Crippen molar-refractivity contribution in [3.63, 3.8) is 0 Å². The van der Waals surface area contributed by atoms with Crippen LogP contribution in [0.4, 0.5) is 0 Å². The van der Waals surface area contributed by atoms with Crippen LogP contribution in [0.3, 0.4) is 0 Å². The van der Waals surface area contributed by atoms with Crippen LogP contribution in [0.5, 0.6) is 0 Å². The van der Waals surface area contributed by atoms with Gasteiger partial charge in [0.25, 0.3) is 0 Å². The Balaban J connectivity index is -0.000000451. The number of hydrogen-bond donors (Lipinski definition) is 2. The van der Waals surface area contributed by atoms with Crippen LogP contribution in [0, 0.1) is 0 Å². The Kier molecular flexibility index (Phi) is 17.9. The largest absolute Gasteiger partial charge is 2.00 e. The van der Waals surface area contributed by atoms with Gasteiger partial charge in [-0.25, -0.2) is 0 Å². The number of carbonyl (C=O) groups is 2. The van der Waals surface area contributed by atoms with Gasteiger partial charge in [-0.2, -0.15) is 0 Å². The molecule has 0 aliphatic rings. The molecule has 0 aliphatic heterocycles. The fourth-order valence-electron chi connectivity index (χ4n) is 2.05. The van der Waals surface area contributed by atoms with Crippen molar-refractivity contribution in [3.8, 4) is 0 Å². The van der Waals surface area contributed by atoms with Crippen molar-refractivity contribution in [2.75, 3.05) is 13.1 Å². The summed E-state index contributed by atoms with van der Waals surface area (Å²) in [5.74, 6) is -0.595. The van der Waals surface area contributed by atoms with E-state index < -0.39 is 11.9 Å². The number of rotatable bonds is 8. The predicted octanol–water partition coefficient (Wildman–Crippen LogP) is 0.644. The van der Waals surface area contributed by atoms with E-state index in [1.165, 1.54) is 0 Å². The van der Waals surface area contributed by atoms with Crippen molar-refractivity contribution in [1.82, 2.24) is 10.6 Å². The first-order chi connectivity index (χ1) is 12.7. The molecule has 0 saturated heterocycles. The second-order valence-corrected chi connectivity index (χ2v) is 8.34. The summed E-state index contributed by atoms with van der Waals surface area (Å²) in [7, 11) is 0. The Hall–Kier alpha value is -1.61. The van der Waals surface area contributed by atoms with E-state index in [4.69, 9.17) is 0 Å². The molecule has 0 amide bonds. The topological polar surface area (TPSA) is 129 Å². The fourth-order valence-corrected chi connectivity index (χ4v) is 2.05. The zero-order chi connectivity index (χ0) is 22.4. The molecule has 0 heterocycles. The van der Waals surface area contributed by atoms with Crippen LogP contribution in [0.15, 0.2) is 9.98 Å². The summed E-state index contributed by atoms with van der Waals surface area (Å²) in [5, 5.41) is 26.9. The Morgan fingerprint density at radius 3 is 1.14 bits per heavy atom. The molecule has 0 aromatic rings. The quantitative estimate of drug-likeness (QED) is 0.407. The summed E-state index contributed by atoms with van der Waals surface area (Å²) in [5.41, 5.74) is -0.167. The Morgan fingerprint density at radius 2 is 0.966 bits per heavy atom. The number of amidine groups is 2. The van der Waals surface area contributed by atoms with Crippen molar-refractivity contribution >= 4 is 23.6 Å². The normalized spacial score (nSPS) is 12.3. The molecule has 9 heteroatoms. The molecule has 8 nitrogen and oxygen atoms in total. The van der Waals surface area contributed by atoms with E-state index >= 15 is 0 Å². The molecule has 0 aliphatic carbocycles. The predicted molar refractivity (Wildman–Crippen MR) is 110 cm³/mol. The van der Waals surface area contributed by atoms with Crippen LogP contribution in [-0.4, -0.2) is 47.8 Å². The molecule has 171 valence electrons. The van der Waals surface area contributed by atoms with Gasteiger partial charge in [-0.15, -0.1) is 0 Å². The van der Waals surface area contributed by atoms with Gasteiger partial charge in [0.1, 0.15) is 0 Å². The van der Waals surface area contributed by atoms with E-state index in [1.807, 2.05) is 55.4 Å². The smallest absolute Gasteiger partial charge is 0.550 e. The van der Waals surface area contributed by atoms with Crippen molar-refractivity contribution < 1.29 is 36.6 Å². The number of nitrogens with one attached hydrogen (secondary N) is 2. The van der Waals surface area contributed by atoms with Crippen LogP contribution < -0.4 is 20.8 Å². The van der Waals surface area contributed by atoms with Gasteiger partial charge >= 0.3 is 16.8 Å². The van der Waals surface area contributed by atoms with Crippen LogP contribution >= 0.6 is 0 Å². The molecule has 29 heavy (non-hydrogen) atoms. The first-order valence-corrected chi connectivity index (χ1v) is 9.72. The SMILES string of the molecule is CCN=C(CCC(=O)[O-])NC(C)(C)C.CCN=C(CCC(=O)[O-])NC(C)(C)C.[Co+2].